The molecule has 1 N–H and O–H groups in total. The lowest BCUT2D eigenvalue weighted by Gasteiger charge is -2.26. The van der Waals surface area contributed by atoms with E-state index in [2.05, 4.69) is 5.32 Å². The van der Waals surface area contributed by atoms with Crippen LogP contribution in [0.3, 0.4) is 0 Å². The van der Waals surface area contributed by atoms with Crippen molar-refractivity contribution in [2.45, 2.75) is 45.9 Å². The molecule has 0 aromatic heterocycles. The number of hydrogen-bond donors (Lipinski definition) is 1. The van der Waals surface area contributed by atoms with E-state index in [4.69, 9.17) is 34.8 Å². The predicted molar refractivity (Wildman–Crippen MR) is 94.8 cm³/mol. The van der Waals surface area contributed by atoms with Gasteiger partial charge in [-0.15, -0.1) is 23.2 Å². The lowest BCUT2D eigenvalue weighted by Crippen LogP contribution is -2.41. The normalized spacial score (nSPS) is 16.9. The third kappa shape index (κ3) is 7.17. The third-order valence-corrected chi connectivity index (χ3v) is 4.28. The molecule has 0 heterocycles. The molecule has 126 valence electrons. The van der Waals surface area contributed by atoms with Crippen LogP contribution in [0.1, 0.15) is 40.5 Å². The van der Waals surface area contributed by atoms with Crippen LogP contribution in [0.15, 0.2) is 22.8 Å². The molecule has 0 aliphatic carbocycles. The van der Waals surface area contributed by atoms with E-state index in [0.29, 0.717) is 23.4 Å². The van der Waals surface area contributed by atoms with Gasteiger partial charge in [0.2, 0.25) is 0 Å². The molecule has 0 spiro atoms. The second-order valence-electron chi connectivity index (χ2n) is 5.40. The molecule has 2 atom stereocenters. The van der Waals surface area contributed by atoms with E-state index in [1.54, 1.807) is 26.0 Å². The fourth-order valence-corrected chi connectivity index (χ4v) is 2.24. The van der Waals surface area contributed by atoms with Crippen LogP contribution in [0.5, 0.6) is 0 Å². The number of allylic oxidation sites excluding steroid dienone is 2. The molecule has 0 rings (SSSR count). The van der Waals surface area contributed by atoms with E-state index in [9.17, 15) is 9.59 Å². The molecule has 0 saturated carbocycles. The Morgan fingerprint density at radius 2 is 1.91 bits per heavy atom. The quantitative estimate of drug-likeness (QED) is 0.372. The molecule has 0 bridgehead atoms. The molecule has 0 radical (unpaired) electrons. The number of hydrogen-bond acceptors (Lipinski definition) is 2. The van der Waals surface area contributed by atoms with Gasteiger partial charge >= 0.3 is 0 Å². The second-order valence-corrected chi connectivity index (χ2v) is 6.84. The van der Waals surface area contributed by atoms with Crippen LogP contribution in [0, 0.1) is 5.41 Å². The maximum Gasteiger partial charge on any atom is 0.251 e. The highest BCUT2D eigenvalue weighted by molar-refractivity contribution is 6.30. The lowest BCUT2D eigenvalue weighted by atomic mass is 9.83. The molecule has 22 heavy (non-hydrogen) atoms. The van der Waals surface area contributed by atoms with Crippen molar-refractivity contribution in [3.63, 3.8) is 0 Å². The van der Waals surface area contributed by atoms with Gasteiger partial charge in [0, 0.05) is 27.9 Å². The number of amides is 1. The van der Waals surface area contributed by atoms with Gasteiger partial charge < -0.3 is 5.32 Å². The summed E-state index contributed by atoms with van der Waals surface area (Å²) in [5.41, 5.74) is -0.279. The van der Waals surface area contributed by atoms with Crippen molar-refractivity contribution in [2.24, 2.45) is 5.41 Å². The van der Waals surface area contributed by atoms with Gasteiger partial charge in [-0.3, -0.25) is 9.59 Å². The van der Waals surface area contributed by atoms with E-state index >= 15 is 0 Å². The van der Waals surface area contributed by atoms with Crippen molar-refractivity contribution in [3.8, 4) is 0 Å². The maximum atomic E-state index is 12.3. The van der Waals surface area contributed by atoms with E-state index in [0.717, 1.165) is 0 Å². The summed E-state index contributed by atoms with van der Waals surface area (Å²) in [6.07, 6.45) is 4.44. The van der Waals surface area contributed by atoms with Gasteiger partial charge in [0.1, 0.15) is 0 Å². The zero-order chi connectivity index (χ0) is 17.3. The number of ketones is 1. The van der Waals surface area contributed by atoms with Gasteiger partial charge in [-0.05, 0) is 25.8 Å². The van der Waals surface area contributed by atoms with Crippen molar-refractivity contribution < 1.29 is 9.59 Å². The number of Topliss-reactive ketones (excluding diaryl/α,β-unsaturated/α-hetero) is 1. The lowest BCUT2D eigenvalue weighted by molar-refractivity contribution is -0.126. The van der Waals surface area contributed by atoms with Gasteiger partial charge in [-0.25, -0.2) is 0 Å². The first-order chi connectivity index (χ1) is 10.2. The smallest absolute Gasteiger partial charge is 0.251 e. The first kappa shape index (κ1) is 21.5. The third-order valence-electron chi connectivity index (χ3n) is 3.54. The first-order valence-electron chi connectivity index (χ1n) is 7.29. The Balaban J connectivity index is 5.10. The van der Waals surface area contributed by atoms with E-state index in [1.165, 1.54) is 0 Å². The highest BCUT2D eigenvalue weighted by atomic mass is 35.5. The average Bonchev–Trinajstić information content (AvgIpc) is 2.49. The van der Waals surface area contributed by atoms with Gasteiger partial charge in [0.05, 0.1) is 5.88 Å². The molecule has 0 saturated heterocycles. The summed E-state index contributed by atoms with van der Waals surface area (Å²) in [6.45, 7) is 7.56. The Kier molecular flexibility index (Phi) is 10.1. The number of nitrogens with one attached hydrogen (secondary N) is 1. The highest BCUT2D eigenvalue weighted by Crippen LogP contribution is 2.22. The average molecular weight is 369 g/mol. The minimum absolute atomic E-state index is 0.0663. The standard InChI is InChI=1S/C16H24Cl3NO2/c1-5-13(19)8-12(7-11(3)18)15(22)20-10-16(4,6-2)14(21)9-17/h7-8,11H,5-6,9-10H2,1-4H3,(H,20,22)/b12-7+,13-8+/t11-,16?/m0/s1. The highest BCUT2D eigenvalue weighted by Gasteiger charge is 2.30. The fraction of sp³-hybridized carbons (Fsp3) is 0.625. The summed E-state index contributed by atoms with van der Waals surface area (Å²) < 4.78 is 0. The van der Waals surface area contributed by atoms with Gasteiger partial charge in [-0.2, -0.15) is 0 Å². The SMILES string of the molecule is CC/C(Cl)=C\C(=C/[C@H](C)Cl)C(=O)NCC(C)(CC)C(=O)CCl. The van der Waals surface area contributed by atoms with Crippen molar-refractivity contribution in [2.75, 3.05) is 12.4 Å². The van der Waals surface area contributed by atoms with Gasteiger partial charge in [-0.1, -0.05) is 38.4 Å². The molecule has 1 amide bonds. The molecule has 0 fully saturated rings. The van der Waals surface area contributed by atoms with E-state index in [1.807, 2.05) is 13.8 Å². The number of halogens is 3. The molecular weight excluding hydrogens is 345 g/mol. The zero-order valence-corrected chi connectivity index (χ0v) is 15.8. The summed E-state index contributed by atoms with van der Waals surface area (Å²) >= 11 is 17.6. The van der Waals surface area contributed by atoms with Crippen molar-refractivity contribution in [1.82, 2.24) is 5.32 Å². The fourth-order valence-electron chi connectivity index (χ4n) is 1.67. The van der Waals surface area contributed by atoms with Gasteiger partial charge in [0.25, 0.3) is 5.91 Å². The number of carbonyl (C=O) groups is 2. The Labute approximate surface area is 148 Å². The van der Waals surface area contributed by atoms with Crippen LogP contribution in [0.2, 0.25) is 0 Å². The molecular formula is C16H24Cl3NO2. The molecule has 0 aromatic rings. The van der Waals surface area contributed by atoms with Crippen LogP contribution in [-0.4, -0.2) is 29.5 Å². The number of rotatable bonds is 9. The first-order valence-corrected chi connectivity index (χ1v) is 8.64. The summed E-state index contributed by atoms with van der Waals surface area (Å²) in [5.74, 6) is -0.458. The Hall–Kier alpha value is -0.510. The second kappa shape index (κ2) is 10.3. The van der Waals surface area contributed by atoms with Crippen molar-refractivity contribution in [1.29, 1.82) is 0 Å². The molecule has 6 heteroatoms. The van der Waals surface area contributed by atoms with Crippen molar-refractivity contribution >= 4 is 46.5 Å². The van der Waals surface area contributed by atoms with Crippen LogP contribution in [-0.2, 0) is 9.59 Å². The Bertz CT molecular complexity index is 458. The summed E-state index contributed by atoms with van der Waals surface area (Å²) in [6, 6.07) is 0. The molecule has 1 unspecified atom stereocenters. The minimum Gasteiger partial charge on any atom is -0.351 e. The van der Waals surface area contributed by atoms with E-state index in [-0.39, 0.29) is 29.5 Å². The molecule has 3 nitrogen and oxygen atoms in total. The Morgan fingerprint density at radius 1 is 1.32 bits per heavy atom. The van der Waals surface area contributed by atoms with Crippen LogP contribution in [0.25, 0.3) is 0 Å². The molecule has 0 aliphatic rings. The summed E-state index contributed by atoms with van der Waals surface area (Å²) in [7, 11) is 0. The van der Waals surface area contributed by atoms with E-state index < -0.39 is 5.41 Å². The van der Waals surface area contributed by atoms with Crippen LogP contribution < -0.4 is 5.32 Å². The summed E-state index contributed by atoms with van der Waals surface area (Å²) in [4.78, 5) is 24.2. The number of alkyl halides is 2. The molecule has 0 aromatic carbocycles. The zero-order valence-electron chi connectivity index (χ0n) is 13.5. The minimum atomic E-state index is -0.673. The Morgan fingerprint density at radius 3 is 2.32 bits per heavy atom. The number of carbonyl (C=O) groups excluding carboxylic acids is 2. The monoisotopic (exact) mass is 367 g/mol. The largest absolute Gasteiger partial charge is 0.351 e. The van der Waals surface area contributed by atoms with Crippen LogP contribution >= 0.6 is 34.8 Å². The maximum absolute atomic E-state index is 12.3. The van der Waals surface area contributed by atoms with Gasteiger partial charge in [0.15, 0.2) is 5.78 Å². The predicted octanol–water partition coefficient (Wildman–Crippen LogP) is 4.41. The van der Waals surface area contributed by atoms with Crippen molar-refractivity contribution in [3.05, 3.63) is 22.8 Å². The van der Waals surface area contributed by atoms with Crippen LogP contribution in [0.4, 0.5) is 0 Å². The molecule has 0 aliphatic heterocycles. The summed E-state index contributed by atoms with van der Waals surface area (Å²) in [5, 5.41) is 3.03. The topological polar surface area (TPSA) is 46.2 Å².